The summed E-state index contributed by atoms with van der Waals surface area (Å²) in [5.41, 5.74) is -1.10. The largest absolute Gasteiger partial charge is 0.481 e. The van der Waals surface area contributed by atoms with Crippen molar-refractivity contribution in [3.05, 3.63) is 12.2 Å². The summed E-state index contributed by atoms with van der Waals surface area (Å²) in [7, 11) is 0. The van der Waals surface area contributed by atoms with E-state index in [1.165, 1.54) is 0 Å². The third-order valence-corrected chi connectivity index (χ3v) is 12.9. The van der Waals surface area contributed by atoms with E-state index < -0.39 is 91.6 Å². The zero-order chi connectivity index (χ0) is 32.7. The van der Waals surface area contributed by atoms with Gasteiger partial charge >= 0.3 is 5.97 Å². The van der Waals surface area contributed by atoms with Crippen molar-refractivity contribution in [1.82, 2.24) is 0 Å². The second-order valence-electron chi connectivity index (χ2n) is 15.2. The van der Waals surface area contributed by atoms with Crippen LogP contribution in [0.2, 0.25) is 0 Å². The second-order valence-corrected chi connectivity index (χ2v) is 15.2. The normalized spacial score (nSPS) is 54.7. The van der Waals surface area contributed by atoms with Crippen LogP contribution in [0.25, 0.3) is 0 Å². The summed E-state index contributed by atoms with van der Waals surface area (Å²) in [5.74, 6) is -0.392. The minimum Gasteiger partial charge on any atom is -0.481 e. The van der Waals surface area contributed by atoms with Crippen LogP contribution < -0.4 is 0 Å². The molecule has 6 aliphatic rings. The molecular weight excluding hydrogens is 592 g/mol. The minimum atomic E-state index is -1.76. The molecule has 4 aliphatic carbocycles. The topological polar surface area (TPSA) is 216 Å². The number of rotatable bonds is 7. The highest BCUT2D eigenvalue weighted by atomic mass is 16.8. The molecule has 0 aromatic carbocycles. The van der Waals surface area contributed by atoms with Crippen LogP contribution in [0, 0.1) is 28.1 Å². The number of carbonyl (C=O) groups is 1. The van der Waals surface area contributed by atoms with Crippen molar-refractivity contribution in [2.24, 2.45) is 28.1 Å². The summed E-state index contributed by atoms with van der Waals surface area (Å²) in [6.07, 6.45) is -8.44. The molecule has 2 bridgehead atoms. The lowest BCUT2D eigenvalue weighted by Gasteiger charge is -2.64. The van der Waals surface area contributed by atoms with Gasteiger partial charge in [0.05, 0.1) is 24.2 Å². The van der Waals surface area contributed by atoms with Crippen molar-refractivity contribution in [3.8, 4) is 0 Å². The average molecular weight is 643 g/mol. The molecule has 6 fully saturated rings. The van der Waals surface area contributed by atoms with E-state index in [0.717, 1.165) is 37.7 Å². The van der Waals surface area contributed by atoms with Crippen LogP contribution in [0.1, 0.15) is 71.6 Å². The van der Waals surface area contributed by atoms with Gasteiger partial charge in [0.1, 0.15) is 48.8 Å². The molecule has 0 radical (unpaired) electrons. The molecule has 45 heavy (non-hydrogen) atoms. The first-order valence-electron chi connectivity index (χ1n) is 16.3. The molecule has 1 spiro atoms. The number of hydrogen-bond acceptors (Lipinski definition) is 12. The Morgan fingerprint density at radius 1 is 0.844 bits per heavy atom. The predicted molar refractivity (Wildman–Crippen MR) is 154 cm³/mol. The number of carboxylic acid groups (broad SMARTS) is 1. The van der Waals surface area contributed by atoms with Gasteiger partial charge in [0.2, 0.25) is 0 Å². The van der Waals surface area contributed by atoms with Crippen molar-refractivity contribution >= 4 is 5.97 Å². The Balaban J connectivity index is 1.26. The molecule has 0 aromatic heterocycles. The van der Waals surface area contributed by atoms with Gasteiger partial charge in [0.15, 0.2) is 12.6 Å². The molecule has 13 nitrogen and oxygen atoms in total. The van der Waals surface area contributed by atoms with Crippen molar-refractivity contribution < 1.29 is 64.6 Å². The van der Waals surface area contributed by atoms with Crippen molar-refractivity contribution in [2.45, 2.75) is 139 Å². The Labute approximate surface area is 262 Å². The first-order chi connectivity index (χ1) is 21.2. The molecule has 8 N–H and O–H groups in total. The number of aliphatic hydroxyl groups excluding tert-OH is 7. The van der Waals surface area contributed by atoms with Crippen LogP contribution in [0.15, 0.2) is 12.2 Å². The predicted octanol–water partition coefficient (Wildman–Crippen LogP) is -0.197. The highest BCUT2D eigenvalue weighted by Gasteiger charge is 2.69. The Morgan fingerprint density at radius 3 is 2.11 bits per heavy atom. The van der Waals surface area contributed by atoms with Crippen LogP contribution in [0.3, 0.4) is 0 Å². The van der Waals surface area contributed by atoms with Crippen LogP contribution in [0.4, 0.5) is 0 Å². The maximum atomic E-state index is 12.5. The summed E-state index contributed by atoms with van der Waals surface area (Å²) < 4.78 is 24.1. The molecule has 4 saturated carbocycles. The van der Waals surface area contributed by atoms with Crippen LogP contribution in [0.5, 0.6) is 0 Å². The first-order valence-corrected chi connectivity index (χ1v) is 16.3. The van der Waals surface area contributed by atoms with E-state index in [4.69, 9.17) is 18.9 Å². The average Bonchev–Trinajstić information content (AvgIpc) is 3.19. The van der Waals surface area contributed by atoms with Crippen molar-refractivity contribution in [3.63, 3.8) is 0 Å². The molecule has 256 valence electrons. The zero-order valence-electron chi connectivity index (χ0n) is 26.0. The van der Waals surface area contributed by atoms with Gasteiger partial charge in [-0.15, -0.1) is 0 Å². The fourth-order valence-electron chi connectivity index (χ4n) is 10.6. The Bertz CT molecular complexity index is 1150. The first kappa shape index (κ1) is 33.7. The van der Waals surface area contributed by atoms with Gasteiger partial charge in [-0.25, -0.2) is 0 Å². The Hall–Kier alpha value is -1.23. The standard InChI is InChI=1S/C32H50O13/c1-15-11-31-9-5-18-29(2,7-4-8-30(18,3)28(40)41)19(31)6-10-32(15,14-31)45-27-25(23(38)21(36)17(13-34)43-27)44-26-24(39)22(37)20(35)16(12-33)42-26/h16-27,33-39H,1,4-14H2,2-3H3,(H,40,41)/t16?,17?,18-,19-,20?,21+,22-,23-,24?,25?,26-,27-,29+,30+,31+,32-/m0/s1. The molecule has 16 atom stereocenters. The number of aliphatic carboxylic acids is 1. The molecule has 6 rings (SSSR count). The van der Waals surface area contributed by atoms with Crippen LogP contribution in [-0.4, -0.2) is 127 Å². The lowest BCUT2D eigenvalue weighted by Crippen LogP contribution is -2.65. The molecule has 2 heterocycles. The van der Waals surface area contributed by atoms with E-state index in [-0.39, 0.29) is 22.7 Å². The fourth-order valence-corrected chi connectivity index (χ4v) is 10.6. The maximum Gasteiger partial charge on any atom is 0.309 e. The lowest BCUT2D eigenvalue weighted by atomic mass is 9.41. The van der Waals surface area contributed by atoms with Gasteiger partial charge in [-0.2, -0.15) is 0 Å². The van der Waals surface area contributed by atoms with E-state index in [9.17, 15) is 45.6 Å². The highest BCUT2D eigenvalue weighted by molar-refractivity contribution is 5.75. The third kappa shape index (κ3) is 5.04. The highest BCUT2D eigenvalue weighted by Crippen LogP contribution is 2.73. The summed E-state index contributed by atoms with van der Waals surface area (Å²) in [6, 6.07) is 0. The van der Waals surface area contributed by atoms with Crippen LogP contribution in [-0.2, 0) is 23.7 Å². The summed E-state index contributed by atoms with van der Waals surface area (Å²) in [6.45, 7) is 7.33. The molecule has 5 unspecified atom stereocenters. The van der Waals surface area contributed by atoms with Gasteiger partial charge in [-0.1, -0.05) is 19.9 Å². The molecule has 2 saturated heterocycles. The van der Waals surface area contributed by atoms with Gasteiger partial charge in [0, 0.05) is 0 Å². The minimum absolute atomic E-state index is 0.0640. The smallest absolute Gasteiger partial charge is 0.309 e. The van der Waals surface area contributed by atoms with E-state index >= 15 is 0 Å². The van der Waals surface area contributed by atoms with E-state index in [1.54, 1.807) is 0 Å². The SMILES string of the molecule is C=C1C[C@@]23CC[C@H]4[C@@](C)(CCC[C@@]4(C)C(=O)O)[C@@H]2CC[C@]1(O[C@@H]1OC(CO)[C@@H](O)[C@H](O)C1O[C@@H]1OC(CO)C(O)[C@H](O)C1O)C3. The monoisotopic (exact) mass is 642 g/mol. The molecular formula is C32H50O13. The lowest BCUT2D eigenvalue weighted by molar-refractivity contribution is -0.378. The number of ether oxygens (including phenoxy) is 4. The Morgan fingerprint density at radius 2 is 1.47 bits per heavy atom. The van der Waals surface area contributed by atoms with Gasteiger partial charge < -0.3 is 59.8 Å². The quantitative estimate of drug-likeness (QED) is 0.134. The Kier molecular flexibility index (Phi) is 8.77. The van der Waals surface area contributed by atoms with Crippen molar-refractivity contribution in [1.29, 1.82) is 0 Å². The third-order valence-electron chi connectivity index (χ3n) is 12.9. The molecule has 13 heteroatoms. The fraction of sp³-hybridized carbons (Fsp3) is 0.906. The number of aliphatic hydroxyl groups is 7. The van der Waals surface area contributed by atoms with Crippen molar-refractivity contribution in [2.75, 3.05) is 13.2 Å². The molecule has 0 aromatic rings. The van der Waals surface area contributed by atoms with E-state index in [0.29, 0.717) is 25.7 Å². The summed E-state index contributed by atoms with van der Waals surface area (Å²) in [4.78, 5) is 12.5. The van der Waals surface area contributed by atoms with E-state index in [1.807, 2.05) is 6.92 Å². The van der Waals surface area contributed by atoms with Gasteiger partial charge in [-0.05, 0) is 86.5 Å². The molecule has 2 aliphatic heterocycles. The number of carboxylic acids is 1. The summed E-state index contributed by atoms with van der Waals surface area (Å²) >= 11 is 0. The van der Waals surface area contributed by atoms with Gasteiger partial charge in [-0.3, -0.25) is 4.79 Å². The van der Waals surface area contributed by atoms with Crippen LogP contribution >= 0.6 is 0 Å². The van der Waals surface area contributed by atoms with E-state index in [2.05, 4.69) is 13.5 Å². The van der Waals surface area contributed by atoms with Gasteiger partial charge in [0.25, 0.3) is 0 Å². The maximum absolute atomic E-state index is 12.5. The zero-order valence-corrected chi connectivity index (χ0v) is 26.0. The summed E-state index contributed by atoms with van der Waals surface area (Å²) in [5, 5.41) is 82.8. The number of hydrogen-bond donors (Lipinski definition) is 8. The number of fused-ring (bicyclic) bond motifs is 3. The molecule has 0 amide bonds. The second kappa shape index (κ2) is 11.7.